The second-order valence-electron chi connectivity index (χ2n) is 7.79. The number of fused-ring (bicyclic) bond motifs is 5. The van der Waals surface area contributed by atoms with E-state index in [0.717, 1.165) is 75.4 Å². The number of anilines is 1. The van der Waals surface area contributed by atoms with Crippen LogP contribution in [0.2, 0.25) is 0 Å². The van der Waals surface area contributed by atoms with Crippen LogP contribution in [-0.4, -0.2) is 66.5 Å². The van der Waals surface area contributed by atoms with Crippen LogP contribution in [0.15, 0.2) is 9.98 Å². The normalized spacial score (nSPS) is 29.5. The molecule has 0 bridgehead atoms. The molecule has 4 heterocycles. The number of hydrogen-bond acceptors (Lipinski definition) is 8. The highest BCUT2D eigenvalue weighted by molar-refractivity contribution is 6.13. The maximum Gasteiger partial charge on any atom is 0.225 e. The van der Waals surface area contributed by atoms with Crippen LogP contribution >= 0.6 is 0 Å². The van der Waals surface area contributed by atoms with E-state index in [4.69, 9.17) is 20.9 Å². The monoisotopic (exact) mass is 370 g/mol. The zero-order chi connectivity index (χ0) is 18.4. The second-order valence-corrected chi connectivity index (χ2v) is 7.79. The molecule has 2 unspecified atom stereocenters. The Morgan fingerprint density at radius 1 is 1.19 bits per heavy atom. The fourth-order valence-electron chi connectivity index (χ4n) is 4.57. The topological polar surface area (TPSA) is 111 Å². The van der Waals surface area contributed by atoms with Crippen molar-refractivity contribution in [1.29, 1.82) is 0 Å². The lowest BCUT2D eigenvalue weighted by Crippen LogP contribution is -2.57. The summed E-state index contributed by atoms with van der Waals surface area (Å²) in [5, 5.41) is 0. The number of hydrogen-bond donors (Lipinski definition) is 2. The van der Waals surface area contributed by atoms with E-state index in [-0.39, 0.29) is 0 Å². The summed E-state index contributed by atoms with van der Waals surface area (Å²) in [5.74, 6) is 1.16. The summed E-state index contributed by atoms with van der Waals surface area (Å²) in [7, 11) is 0. The smallest absolute Gasteiger partial charge is 0.225 e. The molecule has 144 valence electrons. The number of nitrogens with zero attached hydrogens (tertiary/aromatic N) is 4. The Kier molecular flexibility index (Phi) is 4.14. The second kappa shape index (κ2) is 6.54. The lowest BCUT2D eigenvalue weighted by Gasteiger charge is -2.35. The SMILES string of the molecule is Nc1nc2c(c3c1CCCC3)C1=NC=NC(N)(CCN3CCOCC3)C1O2. The van der Waals surface area contributed by atoms with E-state index >= 15 is 0 Å². The first kappa shape index (κ1) is 17.1. The first-order chi connectivity index (χ1) is 13.2. The molecule has 27 heavy (non-hydrogen) atoms. The third kappa shape index (κ3) is 2.83. The van der Waals surface area contributed by atoms with Gasteiger partial charge in [0.15, 0.2) is 11.8 Å². The van der Waals surface area contributed by atoms with Crippen molar-refractivity contribution in [2.24, 2.45) is 15.7 Å². The predicted octanol–water partition coefficient (Wildman–Crippen LogP) is 0.512. The van der Waals surface area contributed by atoms with Crippen LogP contribution < -0.4 is 16.2 Å². The minimum Gasteiger partial charge on any atom is -0.463 e. The van der Waals surface area contributed by atoms with E-state index in [1.807, 2.05) is 0 Å². The molecule has 4 aliphatic rings. The largest absolute Gasteiger partial charge is 0.463 e. The third-order valence-corrected chi connectivity index (χ3v) is 6.13. The van der Waals surface area contributed by atoms with Gasteiger partial charge in [0.25, 0.3) is 0 Å². The number of nitrogen functional groups attached to an aromatic ring is 1. The number of pyridine rings is 1. The van der Waals surface area contributed by atoms with Crippen LogP contribution in [0.4, 0.5) is 5.82 Å². The summed E-state index contributed by atoms with van der Waals surface area (Å²) in [6.07, 6.45) is 6.14. The molecule has 0 radical (unpaired) electrons. The molecule has 3 aliphatic heterocycles. The van der Waals surface area contributed by atoms with Crippen molar-refractivity contribution in [1.82, 2.24) is 9.88 Å². The molecule has 1 fully saturated rings. The molecule has 5 rings (SSSR count). The van der Waals surface area contributed by atoms with Crippen LogP contribution in [0.1, 0.15) is 36.0 Å². The van der Waals surface area contributed by atoms with Crippen molar-refractivity contribution in [2.45, 2.75) is 43.9 Å². The van der Waals surface area contributed by atoms with E-state index in [1.165, 1.54) is 5.56 Å². The number of nitrogens with two attached hydrogens (primary N) is 2. The van der Waals surface area contributed by atoms with Crippen molar-refractivity contribution in [3.8, 4) is 5.88 Å². The fourth-order valence-corrected chi connectivity index (χ4v) is 4.57. The third-order valence-electron chi connectivity index (χ3n) is 6.13. The zero-order valence-electron chi connectivity index (χ0n) is 15.5. The molecule has 0 amide bonds. The number of aromatic nitrogens is 1. The highest BCUT2D eigenvalue weighted by Gasteiger charge is 2.48. The number of rotatable bonds is 3. The van der Waals surface area contributed by atoms with Crippen LogP contribution in [-0.2, 0) is 17.6 Å². The Morgan fingerprint density at radius 3 is 2.78 bits per heavy atom. The molecule has 1 aliphatic carbocycles. The van der Waals surface area contributed by atoms with Gasteiger partial charge in [-0.2, -0.15) is 4.98 Å². The van der Waals surface area contributed by atoms with Crippen LogP contribution in [0.25, 0.3) is 0 Å². The van der Waals surface area contributed by atoms with Crippen LogP contribution in [0, 0.1) is 0 Å². The van der Waals surface area contributed by atoms with Gasteiger partial charge in [-0.25, -0.2) is 9.98 Å². The fraction of sp³-hybridized carbons (Fsp3) is 0.632. The quantitative estimate of drug-likeness (QED) is 0.802. The van der Waals surface area contributed by atoms with Crippen molar-refractivity contribution >= 4 is 17.9 Å². The highest BCUT2D eigenvalue weighted by Crippen LogP contribution is 2.41. The number of morpholine rings is 1. The number of ether oxygens (including phenoxy) is 2. The maximum absolute atomic E-state index is 6.73. The van der Waals surface area contributed by atoms with E-state index in [9.17, 15) is 0 Å². The van der Waals surface area contributed by atoms with E-state index in [0.29, 0.717) is 18.1 Å². The van der Waals surface area contributed by atoms with E-state index < -0.39 is 11.8 Å². The molecule has 2 atom stereocenters. The molecular weight excluding hydrogens is 344 g/mol. The number of aliphatic imine (C=N–C) groups is 2. The van der Waals surface area contributed by atoms with Gasteiger partial charge in [0, 0.05) is 26.1 Å². The average Bonchev–Trinajstić information content (AvgIpc) is 3.08. The van der Waals surface area contributed by atoms with Crippen molar-refractivity contribution in [3.05, 3.63) is 16.7 Å². The van der Waals surface area contributed by atoms with Gasteiger partial charge in [-0.3, -0.25) is 4.90 Å². The summed E-state index contributed by atoms with van der Waals surface area (Å²) >= 11 is 0. The molecule has 4 N–H and O–H groups in total. The average molecular weight is 370 g/mol. The first-order valence-corrected chi connectivity index (χ1v) is 9.84. The summed E-state index contributed by atoms with van der Waals surface area (Å²) in [6.45, 7) is 4.26. The van der Waals surface area contributed by atoms with E-state index in [2.05, 4.69) is 19.9 Å². The van der Waals surface area contributed by atoms with Crippen molar-refractivity contribution in [3.63, 3.8) is 0 Å². The first-order valence-electron chi connectivity index (χ1n) is 9.84. The summed E-state index contributed by atoms with van der Waals surface area (Å²) in [6, 6.07) is 0. The van der Waals surface area contributed by atoms with Gasteiger partial charge >= 0.3 is 0 Å². The van der Waals surface area contributed by atoms with Crippen LogP contribution in [0.5, 0.6) is 5.88 Å². The van der Waals surface area contributed by atoms with Gasteiger partial charge in [-0.15, -0.1) is 0 Å². The van der Waals surface area contributed by atoms with Gasteiger partial charge in [-0.1, -0.05) is 0 Å². The van der Waals surface area contributed by atoms with Crippen LogP contribution in [0.3, 0.4) is 0 Å². The molecule has 1 aromatic heterocycles. The summed E-state index contributed by atoms with van der Waals surface area (Å²) in [4.78, 5) is 16.0. The van der Waals surface area contributed by atoms with E-state index in [1.54, 1.807) is 6.34 Å². The zero-order valence-corrected chi connectivity index (χ0v) is 15.5. The molecule has 1 saturated heterocycles. The van der Waals surface area contributed by atoms with Crippen molar-refractivity contribution in [2.75, 3.05) is 38.6 Å². The molecule has 1 aromatic rings. The molecule has 8 nitrogen and oxygen atoms in total. The molecule has 0 saturated carbocycles. The van der Waals surface area contributed by atoms with Gasteiger partial charge in [0.1, 0.15) is 12.2 Å². The Labute approximate surface area is 158 Å². The molecular formula is C19H26N6O2. The minimum atomic E-state index is -0.841. The van der Waals surface area contributed by atoms with Crippen molar-refractivity contribution < 1.29 is 9.47 Å². The Hall–Kier alpha value is -2.03. The molecule has 0 aromatic carbocycles. The maximum atomic E-state index is 6.73. The summed E-state index contributed by atoms with van der Waals surface area (Å²) < 4.78 is 11.6. The molecule has 0 spiro atoms. The van der Waals surface area contributed by atoms with Gasteiger partial charge in [0.2, 0.25) is 5.88 Å². The van der Waals surface area contributed by atoms with Gasteiger partial charge < -0.3 is 20.9 Å². The minimum absolute atomic E-state index is 0.404. The van der Waals surface area contributed by atoms with Gasteiger partial charge in [0.05, 0.1) is 24.5 Å². The predicted molar refractivity (Wildman–Crippen MR) is 104 cm³/mol. The lowest BCUT2D eigenvalue weighted by atomic mass is 9.85. The Morgan fingerprint density at radius 2 is 1.96 bits per heavy atom. The summed E-state index contributed by atoms with van der Waals surface area (Å²) in [5.41, 5.74) is 16.4. The highest BCUT2D eigenvalue weighted by atomic mass is 16.5. The lowest BCUT2D eigenvalue weighted by molar-refractivity contribution is 0.0318. The Bertz CT molecular complexity index is 817. The van der Waals surface area contributed by atoms with Gasteiger partial charge in [-0.05, 0) is 36.8 Å². The Balaban J connectivity index is 1.44. The molecule has 8 heteroatoms. The standard InChI is InChI=1S/C19H26N6O2/c20-17-13-4-2-1-3-12(13)14-15-16(27-18(14)24-17)19(21,23-11-22-15)5-6-25-7-9-26-10-8-25/h11,16H,1-10,21H2,(H2,20,24).